The molecule has 0 aliphatic heterocycles. The topological polar surface area (TPSA) is 33.1 Å². The Morgan fingerprint density at radius 1 is 1.33 bits per heavy atom. The molecule has 0 saturated heterocycles. The van der Waals surface area contributed by atoms with Gasteiger partial charge < -0.3 is 5.11 Å². The summed E-state index contributed by atoms with van der Waals surface area (Å²) in [5.74, 6) is -0.268. The van der Waals surface area contributed by atoms with Gasteiger partial charge in [0.05, 0.1) is 16.8 Å². The number of aromatic nitrogens is 1. The molecule has 2 nitrogen and oxygen atoms in total. The highest BCUT2D eigenvalue weighted by molar-refractivity contribution is 6.30. The maximum atomic E-state index is 13.0. The fraction of sp³-hybridized carbons (Fsp3) is 0.214. The van der Waals surface area contributed by atoms with Crippen LogP contribution in [0.2, 0.25) is 5.02 Å². The molecule has 0 spiro atoms. The van der Waals surface area contributed by atoms with E-state index >= 15 is 0 Å². The van der Waals surface area contributed by atoms with Crippen molar-refractivity contribution in [2.24, 2.45) is 0 Å². The number of pyridine rings is 1. The number of hydrogen-bond donors (Lipinski definition) is 1. The van der Waals surface area contributed by atoms with Gasteiger partial charge >= 0.3 is 0 Å². The molecule has 0 fully saturated rings. The van der Waals surface area contributed by atoms with Crippen LogP contribution in [-0.4, -0.2) is 10.1 Å². The Morgan fingerprint density at radius 3 is 2.72 bits per heavy atom. The summed E-state index contributed by atoms with van der Waals surface area (Å²) in [6, 6.07) is 7.90. The number of halogens is 2. The standard InChI is InChI=1S/C14H13ClFNO/c1-9-6-12(16)4-2-10(9)7-14(18)13-5-3-11(15)8-17-13/h2-6,8,14,18H,7H2,1H3. The lowest BCUT2D eigenvalue weighted by molar-refractivity contribution is 0.173. The fourth-order valence-corrected chi connectivity index (χ4v) is 1.90. The molecule has 2 aromatic rings. The Balaban J connectivity index is 2.15. The van der Waals surface area contributed by atoms with Crippen molar-refractivity contribution >= 4 is 11.6 Å². The molecular formula is C14H13ClFNO. The largest absolute Gasteiger partial charge is 0.386 e. The lowest BCUT2D eigenvalue weighted by atomic mass is 10.0. The summed E-state index contributed by atoms with van der Waals surface area (Å²) < 4.78 is 13.0. The zero-order chi connectivity index (χ0) is 13.1. The maximum absolute atomic E-state index is 13.0. The van der Waals surface area contributed by atoms with Gasteiger partial charge in [-0.25, -0.2) is 4.39 Å². The van der Waals surface area contributed by atoms with Crippen LogP contribution < -0.4 is 0 Å². The van der Waals surface area contributed by atoms with Crippen molar-refractivity contribution in [1.29, 1.82) is 0 Å². The summed E-state index contributed by atoms with van der Waals surface area (Å²) in [5.41, 5.74) is 2.28. The second-order valence-corrected chi connectivity index (χ2v) is 4.63. The monoisotopic (exact) mass is 265 g/mol. The number of nitrogens with zero attached hydrogens (tertiary/aromatic N) is 1. The van der Waals surface area contributed by atoms with Crippen molar-refractivity contribution in [2.75, 3.05) is 0 Å². The number of rotatable bonds is 3. The summed E-state index contributed by atoms with van der Waals surface area (Å²) in [5, 5.41) is 10.6. The van der Waals surface area contributed by atoms with E-state index in [-0.39, 0.29) is 5.82 Å². The van der Waals surface area contributed by atoms with E-state index in [0.717, 1.165) is 11.1 Å². The van der Waals surface area contributed by atoms with E-state index in [1.165, 1.54) is 18.3 Å². The number of hydrogen-bond acceptors (Lipinski definition) is 2. The molecular weight excluding hydrogens is 253 g/mol. The highest BCUT2D eigenvalue weighted by Crippen LogP contribution is 2.20. The van der Waals surface area contributed by atoms with E-state index in [2.05, 4.69) is 4.98 Å². The lowest BCUT2D eigenvalue weighted by Crippen LogP contribution is -2.05. The Hall–Kier alpha value is -1.45. The summed E-state index contributed by atoms with van der Waals surface area (Å²) >= 11 is 5.73. The summed E-state index contributed by atoms with van der Waals surface area (Å²) in [7, 11) is 0. The molecule has 1 aromatic heterocycles. The van der Waals surface area contributed by atoms with Gasteiger partial charge in [-0.1, -0.05) is 17.7 Å². The first kappa shape index (κ1) is 13.0. The molecule has 1 atom stereocenters. The number of aliphatic hydroxyl groups excluding tert-OH is 1. The van der Waals surface area contributed by atoms with Crippen LogP contribution in [0.15, 0.2) is 36.5 Å². The third kappa shape index (κ3) is 3.06. The first-order chi connectivity index (χ1) is 8.56. The Bertz CT molecular complexity index is 542. The first-order valence-electron chi connectivity index (χ1n) is 5.61. The van der Waals surface area contributed by atoms with E-state index in [1.807, 2.05) is 6.92 Å². The highest BCUT2D eigenvalue weighted by Gasteiger charge is 2.11. The smallest absolute Gasteiger partial charge is 0.123 e. The predicted molar refractivity (Wildman–Crippen MR) is 69.0 cm³/mol. The van der Waals surface area contributed by atoms with Gasteiger partial charge in [0.1, 0.15) is 5.82 Å². The van der Waals surface area contributed by atoms with Gasteiger partial charge in [-0.15, -0.1) is 0 Å². The molecule has 18 heavy (non-hydrogen) atoms. The van der Waals surface area contributed by atoms with Crippen LogP contribution in [0.4, 0.5) is 4.39 Å². The van der Waals surface area contributed by atoms with E-state index in [4.69, 9.17) is 11.6 Å². The SMILES string of the molecule is Cc1cc(F)ccc1CC(O)c1ccc(Cl)cn1. The van der Waals surface area contributed by atoms with E-state index in [1.54, 1.807) is 18.2 Å². The number of benzene rings is 1. The molecule has 0 saturated carbocycles. The molecule has 2 rings (SSSR count). The second-order valence-electron chi connectivity index (χ2n) is 4.19. The molecule has 4 heteroatoms. The van der Waals surface area contributed by atoms with Crippen molar-refractivity contribution < 1.29 is 9.50 Å². The zero-order valence-electron chi connectivity index (χ0n) is 9.90. The fourth-order valence-electron chi connectivity index (χ4n) is 1.79. The second kappa shape index (κ2) is 5.46. The van der Waals surface area contributed by atoms with Crippen molar-refractivity contribution in [3.8, 4) is 0 Å². The zero-order valence-corrected chi connectivity index (χ0v) is 10.7. The Labute approximate surface area is 110 Å². The molecule has 0 aliphatic carbocycles. The molecule has 1 unspecified atom stereocenters. The number of aliphatic hydroxyl groups is 1. The van der Waals surface area contributed by atoms with Gasteiger partial charge in [0.2, 0.25) is 0 Å². The summed E-state index contributed by atoms with van der Waals surface area (Å²) in [4.78, 5) is 4.07. The van der Waals surface area contributed by atoms with Crippen molar-refractivity contribution in [3.63, 3.8) is 0 Å². The minimum Gasteiger partial charge on any atom is -0.386 e. The van der Waals surface area contributed by atoms with Crippen molar-refractivity contribution in [1.82, 2.24) is 4.98 Å². The Kier molecular flexibility index (Phi) is 3.94. The van der Waals surface area contributed by atoms with Gasteiger partial charge in [0.25, 0.3) is 0 Å². The molecule has 0 aliphatic rings. The maximum Gasteiger partial charge on any atom is 0.123 e. The number of aryl methyl sites for hydroxylation is 1. The highest BCUT2D eigenvalue weighted by atomic mass is 35.5. The van der Waals surface area contributed by atoms with Crippen LogP contribution in [0.5, 0.6) is 0 Å². The van der Waals surface area contributed by atoms with Gasteiger partial charge in [-0.05, 0) is 42.3 Å². The quantitative estimate of drug-likeness (QED) is 0.922. The normalized spacial score (nSPS) is 12.4. The molecule has 1 N–H and O–H groups in total. The third-order valence-corrected chi connectivity index (χ3v) is 3.03. The van der Waals surface area contributed by atoms with Gasteiger partial charge in [0, 0.05) is 12.6 Å². The minimum atomic E-state index is -0.716. The first-order valence-corrected chi connectivity index (χ1v) is 5.98. The molecule has 0 bridgehead atoms. The van der Waals surface area contributed by atoms with E-state index in [9.17, 15) is 9.50 Å². The average Bonchev–Trinajstić information content (AvgIpc) is 2.33. The predicted octanol–water partition coefficient (Wildman–Crippen LogP) is 3.46. The van der Waals surface area contributed by atoms with Gasteiger partial charge in [-0.2, -0.15) is 0 Å². The molecule has 0 radical (unpaired) electrons. The van der Waals surface area contributed by atoms with Crippen LogP contribution in [0.3, 0.4) is 0 Å². The van der Waals surface area contributed by atoms with E-state index < -0.39 is 6.10 Å². The van der Waals surface area contributed by atoms with Crippen LogP contribution in [0.1, 0.15) is 22.9 Å². The molecule has 1 aromatic carbocycles. The summed E-state index contributed by atoms with van der Waals surface area (Å²) in [6.07, 6.45) is 1.18. The van der Waals surface area contributed by atoms with Crippen molar-refractivity contribution in [2.45, 2.75) is 19.4 Å². The van der Waals surface area contributed by atoms with Crippen LogP contribution in [0.25, 0.3) is 0 Å². The van der Waals surface area contributed by atoms with Crippen molar-refractivity contribution in [3.05, 3.63) is 64.2 Å². The minimum absolute atomic E-state index is 0.268. The van der Waals surface area contributed by atoms with E-state index in [0.29, 0.717) is 17.1 Å². The molecule has 1 heterocycles. The summed E-state index contributed by atoms with van der Waals surface area (Å²) in [6.45, 7) is 1.82. The van der Waals surface area contributed by atoms with Crippen LogP contribution >= 0.6 is 11.6 Å². The average molecular weight is 266 g/mol. The lowest BCUT2D eigenvalue weighted by Gasteiger charge is -2.12. The molecule has 0 amide bonds. The van der Waals surface area contributed by atoms with Gasteiger partial charge in [0.15, 0.2) is 0 Å². The molecule has 94 valence electrons. The van der Waals surface area contributed by atoms with Gasteiger partial charge in [-0.3, -0.25) is 4.98 Å². The van der Waals surface area contributed by atoms with Crippen LogP contribution in [0, 0.1) is 12.7 Å². The third-order valence-electron chi connectivity index (χ3n) is 2.81. The Morgan fingerprint density at radius 2 is 2.11 bits per heavy atom. The van der Waals surface area contributed by atoms with Crippen LogP contribution in [-0.2, 0) is 6.42 Å².